The van der Waals surface area contributed by atoms with Gasteiger partial charge in [-0.1, -0.05) is 49.2 Å². The first-order valence-electron chi connectivity index (χ1n) is 12.1. The van der Waals surface area contributed by atoms with E-state index in [4.69, 9.17) is 11.6 Å². The van der Waals surface area contributed by atoms with Gasteiger partial charge in [0.05, 0.1) is 4.90 Å². The molecule has 1 fully saturated rings. The van der Waals surface area contributed by atoms with Gasteiger partial charge < -0.3 is 10.2 Å². The second-order valence-electron chi connectivity index (χ2n) is 9.01. The van der Waals surface area contributed by atoms with E-state index < -0.39 is 16.1 Å². The number of hydrogen-bond donors (Lipinski definition) is 2. The summed E-state index contributed by atoms with van der Waals surface area (Å²) in [6.45, 7) is 4.66. The summed E-state index contributed by atoms with van der Waals surface area (Å²) in [5.74, 6) is -0.330. The van der Waals surface area contributed by atoms with Crippen LogP contribution in [0, 0.1) is 0 Å². The van der Waals surface area contributed by atoms with Gasteiger partial charge in [-0.25, -0.2) is 13.1 Å². The summed E-state index contributed by atoms with van der Waals surface area (Å²) < 4.78 is 27.4. The monoisotopic (exact) mass is 519 g/mol. The number of rotatable bonds is 13. The lowest BCUT2D eigenvalue weighted by molar-refractivity contribution is -0.140. The maximum Gasteiger partial charge on any atom is 0.242 e. The molecule has 1 saturated carbocycles. The highest BCUT2D eigenvalue weighted by Gasteiger charge is 2.28. The lowest BCUT2D eigenvalue weighted by Crippen LogP contribution is -2.47. The van der Waals surface area contributed by atoms with Crippen molar-refractivity contribution in [3.63, 3.8) is 0 Å². The van der Waals surface area contributed by atoms with Crippen molar-refractivity contribution < 1.29 is 18.0 Å². The van der Waals surface area contributed by atoms with Gasteiger partial charge in [-0.15, -0.1) is 0 Å². The van der Waals surface area contributed by atoms with Crippen LogP contribution in [0.15, 0.2) is 53.4 Å². The largest absolute Gasteiger partial charge is 0.354 e. The molecular formula is C26H34ClN3O4S. The Morgan fingerprint density at radius 3 is 2.29 bits per heavy atom. The molecule has 2 aromatic rings. The van der Waals surface area contributed by atoms with Crippen LogP contribution in [0.1, 0.15) is 57.1 Å². The third-order valence-electron chi connectivity index (χ3n) is 6.02. The number of amides is 2. The maximum atomic E-state index is 13.2. The van der Waals surface area contributed by atoms with E-state index in [1.54, 1.807) is 48.2 Å². The van der Waals surface area contributed by atoms with Crippen LogP contribution in [0.3, 0.4) is 0 Å². The topological polar surface area (TPSA) is 95.6 Å². The van der Waals surface area contributed by atoms with Crippen LogP contribution in [0.25, 0.3) is 0 Å². The molecule has 0 radical (unpaired) electrons. The molecule has 7 nitrogen and oxygen atoms in total. The van der Waals surface area contributed by atoms with Gasteiger partial charge in [0.15, 0.2) is 0 Å². The predicted molar refractivity (Wildman–Crippen MR) is 137 cm³/mol. The Morgan fingerprint density at radius 1 is 1.06 bits per heavy atom. The molecule has 1 aliphatic rings. The molecule has 35 heavy (non-hydrogen) atoms. The molecular weight excluding hydrogens is 486 g/mol. The number of aryl methyl sites for hydroxylation is 1. The molecule has 9 heteroatoms. The molecule has 3 rings (SSSR count). The minimum Gasteiger partial charge on any atom is -0.354 e. The summed E-state index contributed by atoms with van der Waals surface area (Å²) in [5, 5.41) is 3.52. The van der Waals surface area contributed by atoms with Gasteiger partial charge >= 0.3 is 0 Å². The number of sulfonamides is 1. The number of nitrogens with one attached hydrogen (secondary N) is 2. The van der Waals surface area contributed by atoms with E-state index in [1.807, 2.05) is 12.1 Å². The van der Waals surface area contributed by atoms with Crippen LogP contribution < -0.4 is 10.0 Å². The van der Waals surface area contributed by atoms with E-state index in [0.29, 0.717) is 24.5 Å². The van der Waals surface area contributed by atoms with Gasteiger partial charge in [0.2, 0.25) is 21.8 Å². The Bertz CT molecular complexity index is 1100. The maximum absolute atomic E-state index is 13.2. The molecule has 0 aromatic heterocycles. The number of carbonyl (C=O) groups is 2. The zero-order valence-electron chi connectivity index (χ0n) is 20.3. The van der Waals surface area contributed by atoms with Gasteiger partial charge in [-0.3, -0.25) is 9.59 Å². The van der Waals surface area contributed by atoms with E-state index in [0.717, 1.165) is 36.8 Å². The Morgan fingerprint density at radius 2 is 1.69 bits per heavy atom. The number of unbranched alkanes of at least 4 members (excludes halogenated alkanes) is 1. The number of nitrogens with zero attached hydrogens (tertiary/aromatic N) is 1. The summed E-state index contributed by atoms with van der Waals surface area (Å²) in [5.41, 5.74) is 1.74. The molecule has 2 N–H and O–H groups in total. The van der Waals surface area contributed by atoms with Crippen LogP contribution in [0.4, 0.5) is 0 Å². The molecule has 0 bridgehead atoms. The average Bonchev–Trinajstić information content (AvgIpc) is 3.65. The normalized spacial score (nSPS) is 14.4. The third kappa shape index (κ3) is 8.33. The summed E-state index contributed by atoms with van der Waals surface area (Å²) in [7, 11) is -3.51. The van der Waals surface area contributed by atoms with Crippen molar-refractivity contribution in [3.05, 3.63) is 64.7 Å². The molecule has 0 saturated heterocycles. The zero-order chi connectivity index (χ0) is 25.4. The standard InChI is InChI=1S/C26H34ClN3O4S/c1-3-4-17-28-26(32)19(2)30(18-21-5-10-22(27)11-6-21)25(31)16-9-20-7-14-24(15-8-20)35(33,34)29-23-12-13-23/h5-8,10-11,14-15,19,23,29H,3-4,9,12-13,16-18H2,1-2H3,(H,28,32)/t19-/m0/s1. The molecule has 0 heterocycles. The summed E-state index contributed by atoms with van der Waals surface area (Å²) in [6.07, 6.45) is 4.25. The predicted octanol–water partition coefficient (Wildman–Crippen LogP) is 4.05. The Hall–Kier alpha value is -2.42. The number of benzene rings is 2. The third-order valence-corrected chi connectivity index (χ3v) is 7.81. The molecule has 0 aliphatic heterocycles. The molecule has 2 amide bonds. The van der Waals surface area contributed by atoms with Gasteiger partial charge in [0.25, 0.3) is 0 Å². The molecule has 190 valence electrons. The zero-order valence-corrected chi connectivity index (χ0v) is 21.9. The summed E-state index contributed by atoms with van der Waals surface area (Å²) >= 11 is 5.99. The lowest BCUT2D eigenvalue weighted by Gasteiger charge is -2.29. The number of hydrogen-bond acceptors (Lipinski definition) is 4. The van der Waals surface area contributed by atoms with E-state index >= 15 is 0 Å². The number of carbonyl (C=O) groups excluding carboxylic acids is 2. The van der Waals surface area contributed by atoms with Crippen molar-refractivity contribution in [2.24, 2.45) is 0 Å². The lowest BCUT2D eigenvalue weighted by atomic mass is 10.1. The van der Waals surface area contributed by atoms with E-state index in [-0.39, 0.29) is 29.2 Å². The molecule has 2 aromatic carbocycles. The summed E-state index contributed by atoms with van der Waals surface area (Å²) in [4.78, 5) is 27.7. The van der Waals surface area contributed by atoms with Crippen molar-refractivity contribution in [1.82, 2.24) is 14.9 Å². The Labute approximate surface area is 213 Å². The van der Waals surface area contributed by atoms with Gasteiger partial charge in [0.1, 0.15) is 6.04 Å². The van der Waals surface area contributed by atoms with Crippen molar-refractivity contribution in [1.29, 1.82) is 0 Å². The first-order chi connectivity index (χ1) is 16.7. The van der Waals surface area contributed by atoms with Crippen LogP contribution >= 0.6 is 11.6 Å². The first-order valence-corrected chi connectivity index (χ1v) is 14.0. The highest BCUT2D eigenvalue weighted by atomic mass is 35.5. The van der Waals surface area contributed by atoms with Crippen molar-refractivity contribution in [3.8, 4) is 0 Å². The first kappa shape index (κ1) is 27.2. The van der Waals surface area contributed by atoms with Crippen molar-refractivity contribution in [2.45, 2.75) is 75.9 Å². The SMILES string of the molecule is CCCCNC(=O)[C@H](C)N(Cc1ccc(Cl)cc1)C(=O)CCc1ccc(S(=O)(=O)NC2CC2)cc1. The van der Waals surface area contributed by atoms with Crippen molar-refractivity contribution in [2.75, 3.05) is 6.54 Å². The Kier molecular flexibility index (Phi) is 9.71. The van der Waals surface area contributed by atoms with Crippen molar-refractivity contribution >= 4 is 33.4 Å². The smallest absolute Gasteiger partial charge is 0.242 e. The van der Waals surface area contributed by atoms with Gasteiger partial charge in [-0.2, -0.15) is 0 Å². The van der Waals surface area contributed by atoms with E-state index in [1.165, 1.54) is 0 Å². The quantitative estimate of drug-likeness (QED) is 0.390. The van der Waals surface area contributed by atoms with Gasteiger partial charge in [0, 0.05) is 30.6 Å². The van der Waals surface area contributed by atoms with Crippen LogP contribution in [-0.4, -0.2) is 43.8 Å². The molecule has 0 spiro atoms. The Balaban J connectivity index is 1.65. The number of halogens is 1. The molecule has 1 atom stereocenters. The van der Waals surface area contributed by atoms with Crippen LogP contribution in [0.5, 0.6) is 0 Å². The fourth-order valence-corrected chi connectivity index (χ4v) is 5.06. The van der Waals surface area contributed by atoms with Crippen LogP contribution in [0.2, 0.25) is 5.02 Å². The fraction of sp³-hybridized carbons (Fsp3) is 0.462. The minimum atomic E-state index is -3.51. The second kappa shape index (κ2) is 12.5. The highest BCUT2D eigenvalue weighted by Crippen LogP contribution is 2.22. The molecule has 1 aliphatic carbocycles. The second-order valence-corrected chi connectivity index (χ2v) is 11.2. The van der Waals surface area contributed by atoms with Gasteiger partial charge in [-0.05, 0) is 68.0 Å². The highest BCUT2D eigenvalue weighted by molar-refractivity contribution is 7.89. The average molecular weight is 520 g/mol. The van der Waals surface area contributed by atoms with E-state index in [2.05, 4.69) is 17.0 Å². The minimum absolute atomic E-state index is 0.0464. The van der Waals surface area contributed by atoms with Crippen LogP contribution in [-0.2, 0) is 32.6 Å². The van der Waals surface area contributed by atoms with E-state index in [9.17, 15) is 18.0 Å². The molecule has 0 unspecified atom stereocenters. The summed E-state index contributed by atoms with van der Waals surface area (Å²) in [6, 6.07) is 13.2. The fourth-order valence-electron chi connectivity index (χ4n) is 3.62.